The minimum absolute atomic E-state index is 0.00552. The number of carbonyl (C=O) groups excluding carboxylic acids is 3. The normalized spacial score (nSPS) is 16.9. The highest BCUT2D eigenvalue weighted by Gasteiger charge is 2.42. The van der Waals surface area contributed by atoms with Gasteiger partial charge >= 0.3 is 0 Å². The maximum atomic E-state index is 12.5. The number of rotatable bonds is 23. The van der Waals surface area contributed by atoms with Gasteiger partial charge in [0.05, 0.1) is 0 Å². The highest BCUT2D eigenvalue weighted by Crippen LogP contribution is 2.33. The second-order valence-corrected chi connectivity index (χ2v) is 11.1. The van der Waals surface area contributed by atoms with Gasteiger partial charge in [0.25, 0.3) is 0 Å². The van der Waals surface area contributed by atoms with Crippen molar-refractivity contribution >= 4 is 17.6 Å². The van der Waals surface area contributed by atoms with Crippen LogP contribution in [-0.4, -0.2) is 37.2 Å². The Balaban J connectivity index is 1.41. The SMILES string of the molecule is CCC/C=C\C/C=C\C/C=C\C/C=C\C/C=C\C/C=C\CCC(=O)NCCNCCC(=O)NC1=CC(=O)C(C)(c2ccccc2)O1. The third-order valence-electron chi connectivity index (χ3n) is 7.14. The van der Waals surface area contributed by atoms with Gasteiger partial charge in [-0.3, -0.25) is 19.7 Å². The van der Waals surface area contributed by atoms with Gasteiger partial charge in [-0.25, -0.2) is 0 Å². The first kappa shape index (κ1) is 38.0. The average Bonchev–Trinajstić information content (AvgIpc) is 3.34. The largest absolute Gasteiger partial charge is 0.459 e. The standard InChI is InChI=1S/C39H53N3O4/c1-3-4-5-6-7-8-9-10-11-12-13-14-15-16-17-18-19-20-21-25-28-36(44)41-32-31-40-30-29-37(45)42-38-33-35(43)39(2,46-38)34-26-23-22-24-27-34/h5-6,8-9,11-12,14-15,17-18,20-24,26-27,33,40H,3-4,7,10,13,16,19,25,28-32H2,1-2H3,(H,41,44)(H,42,45)/b6-5-,9-8-,12-11-,15-14-,18-17-,21-20-. The molecule has 7 heteroatoms. The van der Waals surface area contributed by atoms with Gasteiger partial charge in [0, 0.05) is 44.1 Å². The molecule has 0 bridgehead atoms. The zero-order valence-corrected chi connectivity index (χ0v) is 27.7. The molecule has 0 aromatic heterocycles. The van der Waals surface area contributed by atoms with Gasteiger partial charge in [0.2, 0.25) is 17.6 Å². The van der Waals surface area contributed by atoms with Gasteiger partial charge in [0.15, 0.2) is 11.5 Å². The first-order chi connectivity index (χ1) is 22.5. The molecular formula is C39H53N3O4. The highest BCUT2D eigenvalue weighted by atomic mass is 16.5. The number of nitrogens with one attached hydrogen (secondary N) is 3. The Bertz CT molecular complexity index is 1260. The maximum absolute atomic E-state index is 12.5. The lowest BCUT2D eigenvalue weighted by Crippen LogP contribution is -2.34. The lowest BCUT2D eigenvalue weighted by Gasteiger charge is -2.24. The van der Waals surface area contributed by atoms with Crippen LogP contribution in [0.4, 0.5) is 0 Å². The number of hydrogen-bond donors (Lipinski definition) is 3. The average molecular weight is 628 g/mol. The molecule has 0 saturated heterocycles. The molecule has 3 N–H and O–H groups in total. The smallest absolute Gasteiger partial charge is 0.227 e. The van der Waals surface area contributed by atoms with Crippen LogP contribution in [0, 0.1) is 0 Å². The molecule has 0 fully saturated rings. The number of amides is 2. The van der Waals surface area contributed by atoms with Crippen molar-refractivity contribution in [2.24, 2.45) is 0 Å². The fraction of sp³-hybridized carbons (Fsp3) is 0.410. The molecule has 1 aliphatic rings. The van der Waals surface area contributed by atoms with E-state index >= 15 is 0 Å². The second kappa shape index (κ2) is 24.1. The van der Waals surface area contributed by atoms with E-state index in [9.17, 15) is 14.4 Å². The zero-order chi connectivity index (χ0) is 33.1. The summed E-state index contributed by atoms with van der Waals surface area (Å²) in [6, 6.07) is 9.20. The number of benzene rings is 1. The molecule has 2 amide bonds. The Morgan fingerprint density at radius 2 is 1.24 bits per heavy atom. The summed E-state index contributed by atoms with van der Waals surface area (Å²) in [5, 5.41) is 8.69. The molecule has 1 aromatic carbocycles. The van der Waals surface area contributed by atoms with Gasteiger partial charge in [-0.15, -0.1) is 0 Å². The monoisotopic (exact) mass is 627 g/mol. The van der Waals surface area contributed by atoms with Crippen molar-refractivity contribution in [3.05, 3.63) is 121 Å². The van der Waals surface area contributed by atoms with Crippen molar-refractivity contribution in [1.29, 1.82) is 0 Å². The van der Waals surface area contributed by atoms with Crippen LogP contribution in [-0.2, 0) is 24.7 Å². The lowest BCUT2D eigenvalue weighted by atomic mass is 9.92. The molecule has 0 aliphatic carbocycles. The molecule has 248 valence electrons. The van der Waals surface area contributed by atoms with Crippen LogP contribution in [0.25, 0.3) is 0 Å². The van der Waals surface area contributed by atoms with Crippen LogP contribution >= 0.6 is 0 Å². The highest BCUT2D eigenvalue weighted by molar-refractivity contribution is 6.00. The van der Waals surface area contributed by atoms with Gasteiger partial charge in [-0.05, 0) is 51.9 Å². The van der Waals surface area contributed by atoms with E-state index in [0.717, 1.165) is 37.7 Å². The summed E-state index contributed by atoms with van der Waals surface area (Å²) >= 11 is 0. The van der Waals surface area contributed by atoms with Crippen LogP contribution in [0.3, 0.4) is 0 Å². The van der Waals surface area contributed by atoms with E-state index in [-0.39, 0.29) is 29.9 Å². The Labute approximate surface area is 276 Å². The minimum Gasteiger partial charge on any atom is -0.459 e. The molecular weight excluding hydrogens is 574 g/mol. The maximum Gasteiger partial charge on any atom is 0.227 e. The van der Waals surface area contributed by atoms with E-state index in [1.807, 2.05) is 36.4 Å². The topological polar surface area (TPSA) is 96.5 Å². The van der Waals surface area contributed by atoms with Crippen molar-refractivity contribution in [1.82, 2.24) is 16.0 Å². The lowest BCUT2D eigenvalue weighted by molar-refractivity contribution is -0.131. The number of ether oxygens (including phenoxy) is 1. The first-order valence-corrected chi connectivity index (χ1v) is 16.6. The zero-order valence-electron chi connectivity index (χ0n) is 27.7. The van der Waals surface area contributed by atoms with E-state index in [4.69, 9.17) is 4.74 Å². The molecule has 1 atom stereocenters. The predicted octanol–water partition coefficient (Wildman–Crippen LogP) is 7.42. The second-order valence-electron chi connectivity index (χ2n) is 11.1. The molecule has 1 unspecified atom stereocenters. The van der Waals surface area contributed by atoms with Gasteiger partial charge in [-0.1, -0.05) is 117 Å². The summed E-state index contributed by atoms with van der Waals surface area (Å²) in [6.07, 6.45) is 35.9. The first-order valence-electron chi connectivity index (χ1n) is 16.6. The molecule has 46 heavy (non-hydrogen) atoms. The predicted molar refractivity (Wildman–Crippen MR) is 189 cm³/mol. The van der Waals surface area contributed by atoms with Gasteiger partial charge in [-0.2, -0.15) is 0 Å². The van der Waals surface area contributed by atoms with Crippen molar-refractivity contribution in [2.45, 2.75) is 83.7 Å². The Hall–Kier alpha value is -4.23. The van der Waals surface area contributed by atoms with Crippen molar-refractivity contribution in [3.63, 3.8) is 0 Å². The van der Waals surface area contributed by atoms with E-state index in [2.05, 4.69) is 89.7 Å². The number of unbranched alkanes of at least 4 members (excludes halogenated alkanes) is 1. The summed E-state index contributed by atoms with van der Waals surface area (Å²) in [6.45, 7) is 5.38. The molecule has 0 saturated carbocycles. The summed E-state index contributed by atoms with van der Waals surface area (Å²) in [4.78, 5) is 36.8. The van der Waals surface area contributed by atoms with Crippen molar-refractivity contribution < 1.29 is 19.1 Å². The van der Waals surface area contributed by atoms with Crippen LogP contribution in [0.2, 0.25) is 0 Å². The Kier molecular flexibility index (Phi) is 19.9. The Morgan fingerprint density at radius 3 is 1.80 bits per heavy atom. The molecule has 7 nitrogen and oxygen atoms in total. The van der Waals surface area contributed by atoms with Crippen molar-refractivity contribution in [2.75, 3.05) is 19.6 Å². The van der Waals surface area contributed by atoms with E-state index in [1.165, 1.54) is 18.9 Å². The van der Waals surface area contributed by atoms with Crippen LogP contribution in [0.15, 0.2) is 115 Å². The van der Waals surface area contributed by atoms with E-state index in [1.54, 1.807) is 6.92 Å². The summed E-state index contributed by atoms with van der Waals surface area (Å²) < 4.78 is 5.79. The van der Waals surface area contributed by atoms with E-state index in [0.29, 0.717) is 32.5 Å². The summed E-state index contributed by atoms with van der Waals surface area (Å²) in [7, 11) is 0. The fourth-order valence-corrected chi connectivity index (χ4v) is 4.45. The number of hydrogen-bond acceptors (Lipinski definition) is 5. The van der Waals surface area contributed by atoms with E-state index < -0.39 is 5.60 Å². The molecule has 1 heterocycles. The van der Waals surface area contributed by atoms with Crippen LogP contribution in [0.1, 0.15) is 83.6 Å². The summed E-state index contributed by atoms with van der Waals surface area (Å²) in [5.74, 6) is -0.292. The number of ketones is 1. The Morgan fingerprint density at radius 1 is 0.696 bits per heavy atom. The van der Waals surface area contributed by atoms with Gasteiger partial charge < -0.3 is 15.4 Å². The molecule has 2 rings (SSSR count). The molecule has 0 spiro atoms. The number of allylic oxidation sites excluding steroid dienone is 12. The van der Waals surface area contributed by atoms with Crippen LogP contribution in [0.5, 0.6) is 0 Å². The summed E-state index contributed by atoms with van der Waals surface area (Å²) in [5.41, 5.74) is -0.400. The fourth-order valence-electron chi connectivity index (χ4n) is 4.45. The quantitative estimate of drug-likeness (QED) is 0.0867. The number of carbonyl (C=O) groups is 3. The minimum atomic E-state index is -1.13. The molecule has 1 aliphatic heterocycles. The third-order valence-corrected chi connectivity index (χ3v) is 7.14. The molecule has 1 aromatic rings. The van der Waals surface area contributed by atoms with Gasteiger partial charge in [0.1, 0.15) is 0 Å². The third kappa shape index (κ3) is 16.7. The van der Waals surface area contributed by atoms with Crippen LogP contribution < -0.4 is 16.0 Å². The van der Waals surface area contributed by atoms with Crippen molar-refractivity contribution in [3.8, 4) is 0 Å². The molecule has 0 radical (unpaired) electrons.